The standard InChI is InChI=1S/C16H24/c1-12-4-7-15(8-5-12)16-9-6-13(2)10-14(3)11-16/h6,9-12,14-15H,4-5,7-8H2,1-3H3. The van der Waals surface area contributed by atoms with Crippen LogP contribution >= 0.6 is 0 Å². The summed E-state index contributed by atoms with van der Waals surface area (Å²) in [6.45, 7) is 6.89. The fourth-order valence-electron chi connectivity index (χ4n) is 2.97. The SMILES string of the molecule is CC1=CC(C)C=C(C2CCC(C)CC2)C=C1. The molecule has 88 valence electrons. The minimum atomic E-state index is 0.601. The van der Waals surface area contributed by atoms with E-state index in [1.54, 1.807) is 5.57 Å². The largest absolute Gasteiger partial charge is 0.0749 e. The number of rotatable bonds is 1. The summed E-state index contributed by atoms with van der Waals surface area (Å²) in [4.78, 5) is 0. The van der Waals surface area contributed by atoms with Gasteiger partial charge in [-0.25, -0.2) is 0 Å². The highest BCUT2D eigenvalue weighted by Gasteiger charge is 2.20. The van der Waals surface area contributed by atoms with Gasteiger partial charge in [0, 0.05) is 0 Å². The molecule has 0 aliphatic heterocycles. The second-order valence-electron chi connectivity index (χ2n) is 5.73. The average Bonchev–Trinajstić information content (AvgIpc) is 2.41. The summed E-state index contributed by atoms with van der Waals surface area (Å²) in [6, 6.07) is 0. The summed E-state index contributed by atoms with van der Waals surface area (Å²) in [6.07, 6.45) is 15.1. The van der Waals surface area contributed by atoms with Crippen LogP contribution in [0.2, 0.25) is 0 Å². The molecule has 0 nitrogen and oxygen atoms in total. The van der Waals surface area contributed by atoms with Crippen molar-refractivity contribution in [3.05, 3.63) is 35.5 Å². The van der Waals surface area contributed by atoms with Gasteiger partial charge in [-0.3, -0.25) is 0 Å². The molecular formula is C16H24. The second-order valence-corrected chi connectivity index (χ2v) is 5.73. The van der Waals surface area contributed by atoms with Gasteiger partial charge in [-0.15, -0.1) is 0 Å². The van der Waals surface area contributed by atoms with Crippen molar-refractivity contribution in [1.82, 2.24) is 0 Å². The van der Waals surface area contributed by atoms with Gasteiger partial charge in [-0.2, -0.15) is 0 Å². The molecule has 0 heteroatoms. The summed E-state index contributed by atoms with van der Waals surface area (Å²) < 4.78 is 0. The summed E-state index contributed by atoms with van der Waals surface area (Å²) in [5.74, 6) is 2.38. The summed E-state index contributed by atoms with van der Waals surface area (Å²) in [7, 11) is 0. The van der Waals surface area contributed by atoms with Crippen LogP contribution in [0, 0.1) is 17.8 Å². The first-order chi connectivity index (χ1) is 7.65. The Kier molecular flexibility index (Phi) is 3.68. The van der Waals surface area contributed by atoms with Gasteiger partial charge in [-0.1, -0.05) is 56.6 Å². The Morgan fingerprint density at radius 3 is 2.31 bits per heavy atom. The van der Waals surface area contributed by atoms with Crippen LogP contribution < -0.4 is 0 Å². The van der Waals surface area contributed by atoms with Crippen molar-refractivity contribution >= 4 is 0 Å². The van der Waals surface area contributed by atoms with Crippen molar-refractivity contribution < 1.29 is 0 Å². The molecule has 1 atom stereocenters. The maximum atomic E-state index is 2.47. The molecule has 0 radical (unpaired) electrons. The first kappa shape index (κ1) is 11.7. The van der Waals surface area contributed by atoms with E-state index in [1.165, 1.54) is 31.3 Å². The van der Waals surface area contributed by atoms with Gasteiger partial charge in [0.05, 0.1) is 0 Å². The zero-order chi connectivity index (χ0) is 11.5. The summed E-state index contributed by atoms with van der Waals surface area (Å²) >= 11 is 0. The van der Waals surface area contributed by atoms with Crippen molar-refractivity contribution in [2.75, 3.05) is 0 Å². The van der Waals surface area contributed by atoms with Gasteiger partial charge >= 0.3 is 0 Å². The van der Waals surface area contributed by atoms with Crippen LogP contribution in [0.25, 0.3) is 0 Å². The molecule has 0 amide bonds. The summed E-state index contributed by atoms with van der Waals surface area (Å²) in [5.41, 5.74) is 3.00. The predicted octanol–water partition coefficient (Wildman–Crippen LogP) is 4.89. The lowest BCUT2D eigenvalue weighted by molar-refractivity contribution is 0.323. The number of hydrogen-bond acceptors (Lipinski definition) is 0. The highest BCUT2D eigenvalue weighted by atomic mass is 14.3. The van der Waals surface area contributed by atoms with Crippen molar-refractivity contribution in [2.45, 2.75) is 46.5 Å². The molecule has 2 rings (SSSR count). The lowest BCUT2D eigenvalue weighted by Crippen LogP contribution is -2.13. The predicted molar refractivity (Wildman–Crippen MR) is 71.3 cm³/mol. The Balaban J connectivity index is 2.07. The maximum Gasteiger partial charge on any atom is -0.00702 e. The van der Waals surface area contributed by atoms with Crippen LogP contribution in [0.15, 0.2) is 35.5 Å². The van der Waals surface area contributed by atoms with E-state index in [4.69, 9.17) is 0 Å². The molecule has 0 heterocycles. The number of allylic oxidation sites excluding steroid dienone is 6. The van der Waals surface area contributed by atoms with E-state index in [-0.39, 0.29) is 0 Å². The fraction of sp³-hybridized carbons (Fsp3) is 0.625. The van der Waals surface area contributed by atoms with Crippen LogP contribution in [-0.2, 0) is 0 Å². The molecule has 1 unspecified atom stereocenters. The van der Waals surface area contributed by atoms with Crippen molar-refractivity contribution in [2.24, 2.45) is 17.8 Å². The molecule has 2 aliphatic rings. The Morgan fingerprint density at radius 1 is 0.938 bits per heavy atom. The van der Waals surface area contributed by atoms with Crippen LogP contribution in [-0.4, -0.2) is 0 Å². The molecule has 0 spiro atoms. The van der Waals surface area contributed by atoms with E-state index in [0.29, 0.717) is 5.92 Å². The third-order valence-electron chi connectivity index (χ3n) is 4.01. The highest BCUT2D eigenvalue weighted by Crippen LogP contribution is 2.35. The molecule has 0 aromatic carbocycles. The van der Waals surface area contributed by atoms with Crippen LogP contribution in [0.5, 0.6) is 0 Å². The molecular weight excluding hydrogens is 192 g/mol. The van der Waals surface area contributed by atoms with Crippen LogP contribution in [0.4, 0.5) is 0 Å². The molecule has 0 aromatic heterocycles. The zero-order valence-electron chi connectivity index (χ0n) is 10.9. The number of hydrogen-bond donors (Lipinski definition) is 0. The monoisotopic (exact) mass is 216 g/mol. The molecule has 0 N–H and O–H groups in total. The second kappa shape index (κ2) is 5.03. The van der Waals surface area contributed by atoms with E-state index in [9.17, 15) is 0 Å². The lowest BCUT2D eigenvalue weighted by atomic mass is 9.78. The minimum Gasteiger partial charge on any atom is -0.0749 e. The van der Waals surface area contributed by atoms with Crippen molar-refractivity contribution in [3.63, 3.8) is 0 Å². The van der Waals surface area contributed by atoms with Gasteiger partial charge in [0.1, 0.15) is 0 Å². The zero-order valence-corrected chi connectivity index (χ0v) is 10.9. The Bertz CT molecular complexity index is 322. The smallest absolute Gasteiger partial charge is 0.00702 e. The van der Waals surface area contributed by atoms with Crippen LogP contribution in [0.1, 0.15) is 46.5 Å². The third kappa shape index (κ3) is 2.87. The maximum absolute atomic E-state index is 2.47. The molecule has 0 aromatic rings. The first-order valence-electron chi connectivity index (χ1n) is 6.73. The Labute approximate surface area is 100 Å². The quantitative estimate of drug-likeness (QED) is 0.585. The third-order valence-corrected chi connectivity index (χ3v) is 4.01. The van der Waals surface area contributed by atoms with Crippen molar-refractivity contribution in [3.8, 4) is 0 Å². The molecule has 1 saturated carbocycles. The van der Waals surface area contributed by atoms with Gasteiger partial charge < -0.3 is 0 Å². The van der Waals surface area contributed by atoms with Gasteiger partial charge in [0.2, 0.25) is 0 Å². The topological polar surface area (TPSA) is 0 Å². The lowest BCUT2D eigenvalue weighted by Gasteiger charge is -2.27. The van der Waals surface area contributed by atoms with Crippen molar-refractivity contribution in [1.29, 1.82) is 0 Å². The molecule has 0 bridgehead atoms. The van der Waals surface area contributed by atoms with Gasteiger partial charge in [0.15, 0.2) is 0 Å². The Morgan fingerprint density at radius 2 is 1.62 bits per heavy atom. The van der Waals surface area contributed by atoms with Crippen LogP contribution in [0.3, 0.4) is 0 Å². The van der Waals surface area contributed by atoms with E-state index >= 15 is 0 Å². The molecule has 2 aliphatic carbocycles. The van der Waals surface area contributed by atoms with Gasteiger partial charge in [0.25, 0.3) is 0 Å². The van der Waals surface area contributed by atoms with E-state index in [2.05, 4.69) is 45.1 Å². The average molecular weight is 216 g/mol. The molecule has 0 saturated heterocycles. The van der Waals surface area contributed by atoms with E-state index < -0.39 is 0 Å². The molecule has 1 fully saturated rings. The van der Waals surface area contributed by atoms with E-state index in [1.807, 2.05) is 0 Å². The molecule has 16 heavy (non-hydrogen) atoms. The normalized spacial score (nSPS) is 35.3. The minimum absolute atomic E-state index is 0.601. The fourth-order valence-corrected chi connectivity index (χ4v) is 2.97. The van der Waals surface area contributed by atoms with Gasteiger partial charge in [-0.05, 0) is 43.1 Å². The van der Waals surface area contributed by atoms with E-state index in [0.717, 1.165) is 11.8 Å². The Hall–Kier alpha value is -0.780. The first-order valence-corrected chi connectivity index (χ1v) is 6.73. The highest BCUT2D eigenvalue weighted by molar-refractivity contribution is 5.34. The summed E-state index contributed by atoms with van der Waals surface area (Å²) in [5, 5.41) is 0.